The molecule has 10 heteroatoms. The van der Waals surface area contributed by atoms with Gasteiger partial charge in [0.25, 0.3) is 5.91 Å². The number of rotatable bonds is 5. The van der Waals surface area contributed by atoms with E-state index >= 15 is 0 Å². The van der Waals surface area contributed by atoms with E-state index in [0.717, 1.165) is 0 Å². The number of amides is 2. The largest absolute Gasteiger partial charge is 0.497 e. The third-order valence-corrected chi connectivity index (χ3v) is 4.90. The van der Waals surface area contributed by atoms with Crippen LogP contribution in [0.3, 0.4) is 0 Å². The van der Waals surface area contributed by atoms with Gasteiger partial charge >= 0.3 is 6.09 Å². The highest BCUT2D eigenvalue weighted by Gasteiger charge is 2.24. The highest BCUT2D eigenvalue weighted by molar-refractivity contribution is 5.94. The maximum Gasteiger partial charge on any atom is 0.414 e. The number of guanidine groups is 1. The summed E-state index contributed by atoms with van der Waals surface area (Å²) in [5.74, 6) is -0.449. The predicted octanol–water partition coefficient (Wildman–Crippen LogP) is 1.92. The quantitative estimate of drug-likeness (QED) is 0.493. The summed E-state index contributed by atoms with van der Waals surface area (Å²) in [6.45, 7) is 1.54. The number of alkyl carbamates (subject to hydrolysis) is 1. The summed E-state index contributed by atoms with van der Waals surface area (Å²) in [4.78, 5) is 27.7. The molecule has 4 N–H and O–H groups in total. The number of nitrogens with two attached hydrogens (primary N) is 1. The number of hydrogen-bond acceptors (Lipinski definition) is 6. The van der Waals surface area contributed by atoms with Crippen molar-refractivity contribution in [3.8, 4) is 5.75 Å². The summed E-state index contributed by atoms with van der Waals surface area (Å²) in [5, 5.41) is 8.96. The van der Waals surface area contributed by atoms with E-state index in [2.05, 4.69) is 0 Å². The smallest absolute Gasteiger partial charge is 0.414 e. The Hall–Kier alpha value is -3.82. The van der Waals surface area contributed by atoms with E-state index < -0.39 is 17.9 Å². The zero-order chi connectivity index (χ0) is 22.4. The number of ether oxygens (including phenoxy) is 2. The van der Waals surface area contributed by atoms with Gasteiger partial charge in [0.15, 0.2) is 11.8 Å². The molecule has 1 aliphatic rings. The van der Waals surface area contributed by atoms with Gasteiger partial charge in [-0.25, -0.2) is 9.18 Å². The van der Waals surface area contributed by atoms with Crippen molar-refractivity contribution in [2.75, 3.05) is 38.2 Å². The van der Waals surface area contributed by atoms with E-state index in [9.17, 15) is 14.0 Å². The molecule has 0 atom stereocenters. The van der Waals surface area contributed by atoms with Crippen molar-refractivity contribution in [1.29, 1.82) is 5.41 Å². The molecule has 0 spiro atoms. The molecule has 1 heterocycles. The number of nitrogens with one attached hydrogen (secondary N) is 2. The van der Waals surface area contributed by atoms with Crippen LogP contribution in [-0.2, 0) is 11.3 Å². The Bertz CT molecular complexity index is 959. The molecule has 1 fully saturated rings. The Morgan fingerprint density at radius 1 is 1.13 bits per heavy atom. The lowest BCUT2D eigenvalue weighted by Crippen LogP contribution is -2.49. The van der Waals surface area contributed by atoms with Crippen LogP contribution in [-0.4, -0.2) is 56.1 Å². The Balaban J connectivity index is 1.60. The zero-order valence-electron chi connectivity index (χ0n) is 17.1. The molecule has 0 unspecified atom stereocenters. The van der Waals surface area contributed by atoms with Crippen LogP contribution in [0.15, 0.2) is 42.5 Å². The van der Waals surface area contributed by atoms with Crippen molar-refractivity contribution in [3.05, 3.63) is 59.4 Å². The van der Waals surface area contributed by atoms with Crippen LogP contribution in [0.1, 0.15) is 15.9 Å². The summed E-state index contributed by atoms with van der Waals surface area (Å²) < 4.78 is 24.9. The number of benzene rings is 2. The molecule has 2 amide bonds. The number of piperazine rings is 1. The molecular weight excluding hydrogens is 405 g/mol. The first kappa shape index (κ1) is 21.9. The topological polar surface area (TPSA) is 121 Å². The zero-order valence-corrected chi connectivity index (χ0v) is 17.1. The molecule has 2 aromatic carbocycles. The molecule has 0 saturated carbocycles. The maximum absolute atomic E-state index is 14.9. The SMILES string of the molecule is COc1ccc(C(=O)N2CCN(c3cccc(COC(=O)NC(=N)N)c3F)CC2)cc1. The number of carbonyl (C=O) groups excluding carboxylic acids is 2. The maximum atomic E-state index is 14.9. The number of anilines is 1. The van der Waals surface area contributed by atoms with Crippen LogP contribution in [0.4, 0.5) is 14.9 Å². The molecule has 164 valence electrons. The van der Waals surface area contributed by atoms with Gasteiger partial charge in [0, 0.05) is 37.3 Å². The highest BCUT2D eigenvalue weighted by Crippen LogP contribution is 2.25. The minimum atomic E-state index is -0.928. The van der Waals surface area contributed by atoms with Gasteiger partial charge in [-0.3, -0.25) is 15.5 Å². The first-order valence-electron chi connectivity index (χ1n) is 9.62. The van der Waals surface area contributed by atoms with Crippen molar-refractivity contribution in [2.45, 2.75) is 6.61 Å². The van der Waals surface area contributed by atoms with Crippen molar-refractivity contribution < 1.29 is 23.5 Å². The van der Waals surface area contributed by atoms with Gasteiger partial charge in [-0.1, -0.05) is 12.1 Å². The first-order chi connectivity index (χ1) is 14.9. The fourth-order valence-electron chi connectivity index (χ4n) is 3.28. The summed E-state index contributed by atoms with van der Waals surface area (Å²) in [7, 11) is 1.57. The third kappa shape index (κ3) is 5.41. The average Bonchev–Trinajstić information content (AvgIpc) is 2.77. The first-order valence-corrected chi connectivity index (χ1v) is 9.62. The Morgan fingerprint density at radius 3 is 2.42 bits per heavy atom. The fourth-order valence-corrected chi connectivity index (χ4v) is 3.28. The third-order valence-electron chi connectivity index (χ3n) is 4.90. The Labute approximate surface area is 179 Å². The molecule has 0 aromatic heterocycles. The van der Waals surface area contributed by atoms with Crippen LogP contribution in [0.2, 0.25) is 0 Å². The van der Waals surface area contributed by atoms with Crippen LogP contribution in [0, 0.1) is 11.2 Å². The molecule has 2 aromatic rings. The minimum absolute atomic E-state index is 0.0820. The van der Waals surface area contributed by atoms with Gasteiger partial charge in [-0.15, -0.1) is 0 Å². The average molecular weight is 429 g/mol. The van der Waals surface area contributed by atoms with Gasteiger partial charge in [0.1, 0.15) is 12.4 Å². The van der Waals surface area contributed by atoms with E-state index in [4.69, 9.17) is 20.6 Å². The molecule has 31 heavy (non-hydrogen) atoms. The van der Waals surface area contributed by atoms with Crippen LogP contribution < -0.4 is 20.7 Å². The van der Waals surface area contributed by atoms with Crippen LogP contribution >= 0.6 is 0 Å². The molecule has 0 bridgehead atoms. The standard InChI is InChI=1S/C21H24FN5O4/c1-30-16-7-5-14(6-8-16)19(28)27-11-9-26(10-12-27)17-4-2-3-15(18(17)22)13-31-21(29)25-20(23)24/h2-8H,9-13H2,1H3,(H4,23,24,25,29). The van der Waals surface area contributed by atoms with Crippen molar-refractivity contribution >= 4 is 23.6 Å². The summed E-state index contributed by atoms with van der Waals surface area (Å²) >= 11 is 0. The number of carbonyl (C=O) groups is 2. The number of halogens is 1. The van der Waals surface area contributed by atoms with E-state index in [0.29, 0.717) is 43.2 Å². The number of nitrogens with zero attached hydrogens (tertiary/aromatic N) is 2. The summed E-state index contributed by atoms with van der Waals surface area (Å²) in [6.07, 6.45) is -0.928. The fraction of sp³-hybridized carbons (Fsp3) is 0.286. The molecule has 0 aliphatic carbocycles. The second kappa shape index (κ2) is 9.79. The lowest BCUT2D eigenvalue weighted by Gasteiger charge is -2.36. The Morgan fingerprint density at radius 2 is 1.81 bits per heavy atom. The van der Waals surface area contributed by atoms with E-state index in [1.807, 2.05) is 10.2 Å². The number of hydrogen-bond donors (Lipinski definition) is 3. The second-order valence-electron chi connectivity index (χ2n) is 6.87. The van der Waals surface area contributed by atoms with Gasteiger partial charge in [0.2, 0.25) is 0 Å². The summed E-state index contributed by atoms with van der Waals surface area (Å²) in [5.41, 5.74) is 6.21. The van der Waals surface area contributed by atoms with Crippen LogP contribution in [0.5, 0.6) is 5.75 Å². The van der Waals surface area contributed by atoms with Crippen LogP contribution in [0.25, 0.3) is 0 Å². The lowest BCUT2D eigenvalue weighted by molar-refractivity contribution is 0.0746. The molecule has 9 nitrogen and oxygen atoms in total. The normalized spacial score (nSPS) is 13.5. The number of methoxy groups -OCH3 is 1. The van der Waals surface area contributed by atoms with Crippen molar-refractivity contribution in [3.63, 3.8) is 0 Å². The van der Waals surface area contributed by atoms with E-state index in [1.54, 1.807) is 48.4 Å². The Kier molecular flexibility index (Phi) is 6.91. The van der Waals surface area contributed by atoms with E-state index in [1.165, 1.54) is 6.07 Å². The van der Waals surface area contributed by atoms with Gasteiger partial charge in [-0.2, -0.15) is 0 Å². The molecule has 0 radical (unpaired) electrons. The minimum Gasteiger partial charge on any atom is -0.497 e. The van der Waals surface area contributed by atoms with Gasteiger partial charge in [0.05, 0.1) is 12.8 Å². The monoisotopic (exact) mass is 429 g/mol. The van der Waals surface area contributed by atoms with Crippen molar-refractivity contribution in [2.24, 2.45) is 5.73 Å². The molecule has 1 saturated heterocycles. The summed E-state index contributed by atoms with van der Waals surface area (Å²) in [6, 6.07) is 11.8. The predicted molar refractivity (Wildman–Crippen MR) is 113 cm³/mol. The second-order valence-corrected chi connectivity index (χ2v) is 6.87. The highest BCUT2D eigenvalue weighted by atomic mass is 19.1. The molecule has 1 aliphatic heterocycles. The molecular formula is C21H24FN5O4. The van der Waals surface area contributed by atoms with Gasteiger partial charge in [-0.05, 0) is 30.3 Å². The molecule has 3 rings (SSSR count). The van der Waals surface area contributed by atoms with Crippen molar-refractivity contribution in [1.82, 2.24) is 10.2 Å². The van der Waals surface area contributed by atoms with Gasteiger partial charge < -0.3 is 25.0 Å². The lowest BCUT2D eigenvalue weighted by atomic mass is 10.1. The van der Waals surface area contributed by atoms with E-state index in [-0.39, 0.29) is 18.1 Å².